The van der Waals surface area contributed by atoms with Crippen molar-refractivity contribution in [1.82, 2.24) is 5.32 Å². The van der Waals surface area contributed by atoms with Gasteiger partial charge in [-0.3, -0.25) is 4.79 Å². The van der Waals surface area contributed by atoms with Crippen LogP contribution in [-0.4, -0.2) is 23.7 Å². The molecule has 1 atom stereocenters. The summed E-state index contributed by atoms with van der Waals surface area (Å²) in [4.78, 5) is 11.9. The van der Waals surface area contributed by atoms with Crippen LogP contribution in [0, 0.1) is 11.3 Å². The average Bonchev–Trinajstić information content (AvgIpc) is 2.53. The second-order valence-corrected chi connectivity index (χ2v) is 4.75. The molecular formula is C17H16N2O2. The van der Waals surface area contributed by atoms with Gasteiger partial charge in [-0.1, -0.05) is 36.4 Å². The lowest BCUT2D eigenvalue weighted by molar-refractivity contribution is 0.0916. The molecule has 0 aliphatic carbocycles. The summed E-state index contributed by atoms with van der Waals surface area (Å²) in [6, 6.07) is 18.1. The number of benzene rings is 2. The number of hydrogen-bond donors (Lipinski definition) is 2. The predicted octanol–water partition coefficient (Wildman–Crippen LogP) is 1.89. The molecule has 0 aliphatic rings. The maximum Gasteiger partial charge on any atom is 0.251 e. The zero-order valence-corrected chi connectivity index (χ0v) is 11.5. The molecule has 0 spiro atoms. The van der Waals surface area contributed by atoms with Gasteiger partial charge in [-0.15, -0.1) is 0 Å². The van der Waals surface area contributed by atoms with Crippen molar-refractivity contribution in [2.24, 2.45) is 0 Å². The Hall–Kier alpha value is -2.64. The maximum absolute atomic E-state index is 11.9. The monoisotopic (exact) mass is 280 g/mol. The van der Waals surface area contributed by atoms with E-state index in [2.05, 4.69) is 5.32 Å². The molecule has 0 bridgehead atoms. The summed E-state index contributed by atoms with van der Waals surface area (Å²) in [6.45, 7) is 0.171. The lowest BCUT2D eigenvalue weighted by atomic mass is 10.1. The van der Waals surface area contributed by atoms with Gasteiger partial charge in [-0.05, 0) is 23.8 Å². The van der Waals surface area contributed by atoms with Crippen LogP contribution in [0.4, 0.5) is 0 Å². The number of nitrogens with one attached hydrogen (secondary N) is 1. The molecule has 2 aromatic rings. The SMILES string of the molecule is N#Cc1cccc(C(=O)NC[C@H](O)Cc2ccccc2)c1. The molecule has 4 heteroatoms. The molecule has 0 saturated carbocycles. The third kappa shape index (κ3) is 4.44. The number of hydrogen-bond acceptors (Lipinski definition) is 3. The molecule has 2 N–H and O–H groups in total. The summed E-state index contributed by atoms with van der Waals surface area (Å²) in [7, 11) is 0. The number of amides is 1. The van der Waals surface area contributed by atoms with Crippen LogP contribution in [0.2, 0.25) is 0 Å². The minimum atomic E-state index is -0.643. The highest BCUT2D eigenvalue weighted by atomic mass is 16.3. The van der Waals surface area contributed by atoms with E-state index in [1.165, 1.54) is 6.07 Å². The van der Waals surface area contributed by atoms with Crippen LogP contribution < -0.4 is 5.32 Å². The molecule has 106 valence electrons. The van der Waals surface area contributed by atoms with Crippen LogP contribution in [0.5, 0.6) is 0 Å². The average molecular weight is 280 g/mol. The molecule has 21 heavy (non-hydrogen) atoms. The Balaban J connectivity index is 1.87. The summed E-state index contributed by atoms with van der Waals surface area (Å²) in [5.74, 6) is -0.292. The van der Waals surface area contributed by atoms with Gasteiger partial charge in [0, 0.05) is 18.5 Å². The first-order valence-corrected chi connectivity index (χ1v) is 6.69. The molecule has 0 fully saturated rings. The first-order chi connectivity index (χ1) is 10.2. The molecular weight excluding hydrogens is 264 g/mol. The lowest BCUT2D eigenvalue weighted by Crippen LogP contribution is -2.33. The highest BCUT2D eigenvalue weighted by Gasteiger charge is 2.10. The van der Waals surface area contributed by atoms with Crippen LogP contribution in [0.3, 0.4) is 0 Å². The smallest absolute Gasteiger partial charge is 0.251 e. The Morgan fingerprint density at radius 3 is 2.67 bits per heavy atom. The van der Waals surface area contributed by atoms with Crippen LogP contribution in [0.15, 0.2) is 54.6 Å². The van der Waals surface area contributed by atoms with Gasteiger partial charge in [0.25, 0.3) is 5.91 Å². The second kappa shape index (κ2) is 7.22. The Kier molecular flexibility index (Phi) is 5.08. The number of carbonyl (C=O) groups excluding carboxylic acids is 1. The van der Waals surface area contributed by atoms with Gasteiger partial charge in [-0.2, -0.15) is 5.26 Å². The summed E-state index contributed by atoms with van der Waals surface area (Å²) in [6.07, 6.45) is -0.158. The van der Waals surface area contributed by atoms with Crippen molar-refractivity contribution < 1.29 is 9.90 Å². The van der Waals surface area contributed by atoms with Crippen LogP contribution in [0.25, 0.3) is 0 Å². The molecule has 0 unspecified atom stereocenters. The zero-order chi connectivity index (χ0) is 15.1. The molecule has 0 heterocycles. The quantitative estimate of drug-likeness (QED) is 0.878. The van der Waals surface area contributed by atoms with Crippen LogP contribution >= 0.6 is 0 Å². The minimum absolute atomic E-state index is 0.171. The third-order valence-corrected chi connectivity index (χ3v) is 3.07. The summed E-state index contributed by atoms with van der Waals surface area (Å²) in [5, 5.41) is 21.4. The summed E-state index contributed by atoms with van der Waals surface area (Å²) < 4.78 is 0. The number of nitriles is 1. The Morgan fingerprint density at radius 2 is 1.95 bits per heavy atom. The number of carbonyl (C=O) groups is 1. The van der Waals surface area contributed by atoms with Crippen molar-refractivity contribution in [2.45, 2.75) is 12.5 Å². The molecule has 0 aromatic heterocycles. The molecule has 0 radical (unpaired) electrons. The fraction of sp³-hybridized carbons (Fsp3) is 0.176. The zero-order valence-electron chi connectivity index (χ0n) is 11.5. The Morgan fingerprint density at radius 1 is 1.19 bits per heavy atom. The van der Waals surface area contributed by atoms with Crippen molar-refractivity contribution in [3.05, 3.63) is 71.3 Å². The van der Waals surface area contributed by atoms with E-state index in [9.17, 15) is 9.90 Å². The van der Waals surface area contributed by atoms with Gasteiger partial charge >= 0.3 is 0 Å². The minimum Gasteiger partial charge on any atom is -0.391 e. The predicted molar refractivity (Wildman–Crippen MR) is 79.6 cm³/mol. The second-order valence-electron chi connectivity index (χ2n) is 4.75. The van der Waals surface area contributed by atoms with Gasteiger partial charge in [0.1, 0.15) is 0 Å². The van der Waals surface area contributed by atoms with E-state index < -0.39 is 6.10 Å². The molecule has 2 aromatic carbocycles. The van der Waals surface area contributed by atoms with Gasteiger partial charge in [0.2, 0.25) is 0 Å². The first kappa shape index (κ1) is 14.8. The Labute approximate surface area is 123 Å². The number of aliphatic hydroxyl groups is 1. The van der Waals surface area contributed by atoms with E-state index in [-0.39, 0.29) is 12.5 Å². The van der Waals surface area contributed by atoms with Gasteiger partial charge in [-0.25, -0.2) is 0 Å². The number of rotatable bonds is 5. The van der Waals surface area contributed by atoms with E-state index in [0.29, 0.717) is 17.5 Å². The van der Waals surface area contributed by atoms with Crippen molar-refractivity contribution in [3.8, 4) is 6.07 Å². The number of nitrogens with zero attached hydrogens (tertiary/aromatic N) is 1. The van der Waals surface area contributed by atoms with E-state index in [0.717, 1.165) is 5.56 Å². The van der Waals surface area contributed by atoms with Gasteiger partial charge in [0.05, 0.1) is 17.7 Å². The van der Waals surface area contributed by atoms with Crippen molar-refractivity contribution in [3.63, 3.8) is 0 Å². The summed E-state index contributed by atoms with van der Waals surface area (Å²) in [5.41, 5.74) is 1.87. The van der Waals surface area contributed by atoms with E-state index in [4.69, 9.17) is 5.26 Å². The largest absolute Gasteiger partial charge is 0.391 e. The van der Waals surface area contributed by atoms with E-state index in [1.807, 2.05) is 36.4 Å². The first-order valence-electron chi connectivity index (χ1n) is 6.69. The van der Waals surface area contributed by atoms with E-state index >= 15 is 0 Å². The van der Waals surface area contributed by atoms with Crippen molar-refractivity contribution in [2.75, 3.05) is 6.54 Å². The van der Waals surface area contributed by atoms with Crippen LogP contribution in [0.1, 0.15) is 21.5 Å². The van der Waals surface area contributed by atoms with Gasteiger partial charge in [0.15, 0.2) is 0 Å². The van der Waals surface area contributed by atoms with Crippen molar-refractivity contribution in [1.29, 1.82) is 5.26 Å². The summed E-state index contributed by atoms with van der Waals surface area (Å²) >= 11 is 0. The highest BCUT2D eigenvalue weighted by molar-refractivity contribution is 5.94. The molecule has 2 rings (SSSR count). The molecule has 0 saturated heterocycles. The fourth-order valence-corrected chi connectivity index (χ4v) is 2.00. The lowest BCUT2D eigenvalue weighted by Gasteiger charge is -2.12. The van der Waals surface area contributed by atoms with Gasteiger partial charge < -0.3 is 10.4 Å². The van der Waals surface area contributed by atoms with Crippen LogP contribution in [-0.2, 0) is 6.42 Å². The Bertz CT molecular complexity index is 647. The number of aliphatic hydroxyl groups excluding tert-OH is 1. The normalized spacial score (nSPS) is 11.4. The molecule has 1 amide bonds. The maximum atomic E-state index is 11.9. The topological polar surface area (TPSA) is 73.1 Å². The molecule has 0 aliphatic heterocycles. The highest BCUT2D eigenvalue weighted by Crippen LogP contribution is 2.05. The third-order valence-electron chi connectivity index (χ3n) is 3.07. The van der Waals surface area contributed by atoms with Crippen molar-refractivity contribution >= 4 is 5.91 Å². The standard InChI is InChI=1S/C17H16N2O2/c18-11-14-7-4-8-15(9-14)17(21)19-12-16(20)10-13-5-2-1-3-6-13/h1-9,16,20H,10,12H2,(H,19,21)/t16-/m1/s1. The molecule has 4 nitrogen and oxygen atoms in total. The van der Waals surface area contributed by atoms with E-state index in [1.54, 1.807) is 18.2 Å². The fourth-order valence-electron chi connectivity index (χ4n) is 2.00.